The average molecular weight is 326 g/mol. The molecule has 0 aromatic heterocycles. The smallest absolute Gasteiger partial charge is 0.229 e. The molecular weight excluding hydrogens is 310 g/mol. The van der Waals surface area contributed by atoms with Gasteiger partial charge in [0.25, 0.3) is 0 Å². The van der Waals surface area contributed by atoms with Crippen molar-refractivity contribution in [1.82, 2.24) is 0 Å². The molecule has 0 atom stereocenters. The van der Waals surface area contributed by atoms with E-state index in [2.05, 4.69) is 10.0 Å². The lowest BCUT2D eigenvalue weighted by Gasteiger charge is -2.12. The van der Waals surface area contributed by atoms with E-state index in [9.17, 15) is 8.42 Å². The zero-order valence-electron chi connectivity index (χ0n) is 11.4. The van der Waals surface area contributed by atoms with Gasteiger partial charge in [-0.15, -0.1) is 0 Å². The molecule has 7 heteroatoms. The quantitative estimate of drug-likeness (QED) is 0.738. The number of hydrogen-bond donors (Lipinski definition) is 3. The van der Waals surface area contributed by atoms with Gasteiger partial charge in [0.1, 0.15) is 0 Å². The van der Waals surface area contributed by atoms with Gasteiger partial charge in [-0.2, -0.15) is 0 Å². The highest BCUT2D eigenvalue weighted by Crippen LogP contribution is 2.27. The van der Waals surface area contributed by atoms with Crippen LogP contribution in [0.15, 0.2) is 42.5 Å². The van der Waals surface area contributed by atoms with Crippen LogP contribution in [0.5, 0.6) is 0 Å². The van der Waals surface area contributed by atoms with E-state index < -0.39 is 10.0 Å². The van der Waals surface area contributed by atoms with Crippen LogP contribution in [0.1, 0.15) is 5.56 Å². The van der Waals surface area contributed by atoms with Gasteiger partial charge >= 0.3 is 0 Å². The molecule has 0 aliphatic carbocycles. The Morgan fingerprint density at radius 3 is 2.57 bits per heavy atom. The highest BCUT2D eigenvalue weighted by atomic mass is 35.5. The molecule has 0 unspecified atom stereocenters. The van der Waals surface area contributed by atoms with Gasteiger partial charge < -0.3 is 11.1 Å². The molecule has 0 spiro atoms. The molecule has 0 saturated heterocycles. The van der Waals surface area contributed by atoms with E-state index in [0.717, 1.165) is 11.8 Å². The summed E-state index contributed by atoms with van der Waals surface area (Å²) in [4.78, 5) is 0. The van der Waals surface area contributed by atoms with Gasteiger partial charge in [-0.25, -0.2) is 8.42 Å². The number of anilines is 3. The lowest BCUT2D eigenvalue weighted by Crippen LogP contribution is -2.10. The van der Waals surface area contributed by atoms with Gasteiger partial charge in [-0.3, -0.25) is 4.72 Å². The monoisotopic (exact) mass is 325 g/mol. The Morgan fingerprint density at radius 2 is 1.90 bits per heavy atom. The number of halogens is 1. The molecular formula is C14H16ClN3O2S. The van der Waals surface area contributed by atoms with E-state index in [1.807, 2.05) is 24.3 Å². The molecule has 0 aliphatic rings. The summed E-state index contributed by atoms with van der Waals surface area (Å²) in [6.45, 7) is 0.495. The maximum absolute atomic E-state index is 11.2. The first-order chi connectivity index (χ1) is 9.85. The highest BCUT2D eigenvalue weighted by Gasteiger charge is 2.06. The molecule has 0 amide bonds. The SMILES string of the molecule is CS(=O)(=O)Nc1ccc(Cl)c(NCc2ccccc2N)c1. The van der Waals surface area contributed by atoms with E-state index in [1.165, 1.54) is 0 Å². The Hall–Kier alpha value is -1.92. The minimum Gasteiger partial charge on any atom is -0.398 e. The molecule has 0 heterocycles. The Bertz CT molecular complexity index is 748. The van der Waals surface area contributed by atoms with Crippen molar-refractivity contribution in [3.05, 3.63) is 53.1 Å². The predicted octanol–water partition coefficient (Wildman–Crippen LogP) is 2.91. The molecule has 112 valence electrons. The molecule has 2 rings (SSSR count). The number of para-hydroxylation sites is 1. The van der Waals surface area contributed by atoms with Gasteiger partial charge in [0.05, 0.1) is 22.7 Å². The zero-order valence-corrected chi connectivity index (χ0v) is 13.0. The third-order valence-electron chi connectivity index (χ3n) is 2.79. The van der Waals surface area contributed by atoms with Crippen LogP contribution in [0.3, 0.4) is 0 Å². The number of hydrogen-bond acceptors (Lipinski definition) is 4. The van der Waals surface area contributed by atoms with Crippen molar-refractivity contribution in [3.8, 4) is 0 Å². The summed E-state index contributed by atoms with van der Waals surface area (Å²) in [5.41, 5.74) is 8.58. The number of nitrogens with one attached hydrogen (secondary N) is 2. The summed E-state index contributed by atoms with van der Waals surface area (Å²) >= 11 is 6.10. The standard InChI is InChI=1S/C14H16ClN3O2S/c1-21(19,20)18-11-6-7-12(15)14(8-11)17-9-10-4-2-3-5-13(10)16/h2-8,17-18H,9,16H2,1H3. The Kier molecular flexibility index (Phi) is 4.59. The first-order valence-corrected chi connectivity index (χ1v) is 8.47. The predicted molar refractivity (Wildman–Crippen MR) is 88.1 cm³/mol. The third kappa shape index (κ3) is 4.54. The first-order valence-electron chi connectivity index (χ1n) is 6.20. The lowest BCUT2D eigenvalue weighted by molar-refractivity contribution is 0.607. The third-order valence-corrected chi connectivity index (χ3v) is 3.73. The summed E-state index contributed by atoms with van der Waals surface area (Å²) in [5, 5.41) is 3.65. The van der Waals surface area contributed by atoms with Crippen molar-refractivity contribution in [2.45, 2.75) is 6.54 Å². The van der Waals surface area contributed by atoms with Crippen molar-refractivity contribution in [2.75, 3.05) is 22.0 Å². The van der Waals surface area contributed by atoms with Crippen LogP contribution in [0.25, 0.3) is 0 Å². The van der Waals surface area contributed by atoms with Crippen molar-refractivity contribution >= 4 is 38.7 Å². The van der Waals surface area contributed by atoms with Crippen molar-refractivity contribution < 1.29 is 8.42 Å². The van der Waals surface area contributed by atoms with Gasteiger partial charge in [0.2, 0.25) is 10.0 Å². The molecule has 5 nitrogen and oxygen atoms in total. The molecule has 0 radical (unpaired) electrons. The van der Waals surface area contributed by atoms with Crippen LogP contribution < -0.4 is 15.8 Å². The second-order valence-electron chi connectivity index (χ2n) is 4.62. The maximum Gasteiger partial charge on any atom is 0.229 e. The van der Waals surface area contributed by atoms with Gasteiger partial charge in [-0.05, 0) is 29.8 Å². The minimum absolute atomic E-state index is 0.449. The minimum atomic E-state index is -3.32. The number of nitrogen functional groups attached to an aromatic ring is 1. The molecule has 2 aromatic rings. The molecule has 0 bridgehead atoms. The number of sulfonamides is 1. The second-order valence-corrected chi connectivity index (χ2v) is 6.78. The fourth-order valence-corrected chi connectivity index (χ4v) is 2.56. The molecule has 0 aliphatic heterocycles. The van der Waals surface area contributed by atoms with Gasteiger partial charge in [-0.1, -0.05) is 29.8 Å². The van der Waals surface area contributed by atoms with Crippen molar-refractivity contribution in [1.29, 1.82) is 0 Å². The maximum atomic E-state index is 11.2. The topological polar surface area (TPSA) is 84.2 Å². The Labute approximate surface area is 129 Å². The van der Waals surface area contributed by atoms with Crippen LogP contribution in [0.4, 0.5) is 17.1 Å². The van der Waals surface area contributed by atoms with Gasteiger partial charge in [0.15, 0.2) is 0 Å². The van der Waals surface area contributed by atoms with Crippen molar-refractivity contribution in [2.24, 2.45) is 0 Å². The number of rotatable bonds is 5. The zero-order chi connectivity index (χ0) is 15.5. The summed E-state index contributed by atoms with van der Waals surface area (Å²) in [7, 11) is -3.32. The van der Waals surface area contributed by atoms with E-state index >= 15 is 0 Å². The summed E-state index contributed by atoms with van der Waals surface area (Å²) in [6.07, 6.45) is 1.10. The van der Waals surface area contributed by atoms with Crippen LogP contribution >= 0.6 is 11.6 Å². The van der Waals surface area contributed by atoms with Crippen LogP contribution in [0.2, 0.25) is 5.02 Å². The van der Waals surface area contributed by atoms with Crippen LogP contribution in [-0.4, -0.2) is 14.7 Å². The lowest BCUT2D eigenvalue weighted by atomic mass is 10.2. The van der Waals surface area contributed by atoms with E-state index in [4.69, 9.17) is 17.3 Å². The highest BCUT2D eigenvalue weighted by molar-refractivity contribution is 7.92. The average Bonchev–Trinajstić information content (AvgIpc) is 2.39. The van der Waals surface area contributed by atoms with E-state index in [-0.39, 0.29) is 0 Å². The van der Waals surface area contributed by atoms with Gasteiger partial charge in [0, 0.05) is 12.2 Å². The summed E-state index contributed by atoms with van der Waals surface area (Å²) in [6, 6.07) is 12.4. The largest absolute Gasteiger partial charge is 0.398 e. The van der Waals surface area contributed by atoms with Crippen LogP contribution in [0, 0.1) is 0 Å². The summed E-state index contributed by atoms with van der Waals surface area (Å²) < 4.78 is 24.9. The Morgan fingerprint density at radius 1 is 1.19 bits per heavy atom. The van der Waals surface area contributed by atoms with E-state index in [0.29, 0.717) is 28.6 Å². The molecule has 4 N–H and O–H groups in total. The molecule has 0 saturated carbocycles. The second kappa shape index (κ2) is 6.24. The van der Waals surface area contributed by atoms with E-state index in [1.54, 1.807) is 18.2 Å². The molecule has 21 heavy (non-hydrogen) atoms. The fraction of sp³-hybridized carbons (Fsp3) is 0.143. The summed E-state index contributed by atoms with van der Waals surface area (Å²) in [5.74, 6) is 0. The first kappa shape index (κ1) is 15.5. The fourth-order valence-electron chi connectivity index (χ4n) is 1.82. The Balaban J connectivity index is 2.16. The molecule has 2 aromatic carbocycles. The van der Waals surface area contributed by atoms with Crippen molar-refractivity contribution in [3.63, 3.8) is 0 Å². The number of nitrogens with two attached hydrogens (primary N) is 1. The molecule has 0 fully saturated rings. The number of benzene rings is 2. The normalized spacial score (nSPS) is 11.1. The van der Waals surface area contributed by atoms with Crippen LogP contribution in [-0.2, 0) is 16.6 Å².